The van der Waals surface area contributed by atoms with E-state index in [1.54, 1.807) is 30.9 Å². The molecule has 4 aromatic rings. The van der Waals surface area contributed by atoms with E-state index in [-0.39, 0.29) is 17.0 Å². The van der Waals surface area contributed by atoms with E-state index in [0.717, 1.165) is 5.56 Å². The summed E-state index contributed by atoms with van der Waals surface area (Å²) in [5, 5.41) is 8.22. The summed E-state index contributed by atoms with van der Waals surface area (Å²) < 4.78 is 49.0. The summed E-state index contributed by atoms with van der Waals surface area (Å²) in [4.78, 5) is 9.08. The molecule has 0 amide bonds. The van der Waals surface area contributed by atoms with Gasteiger partial charge in [0.2, 0.25) is 5.95 Å². The Bertz CT molecular complexity index is 1340. The van der Waals surface area contributed by atoms with Crippen LogP contribution in [0, 0.1) is 0 Å². The van der Waals surface area contributed by atoms with Gasteiger partial charge < -0.3 is 24.3 Å². The number of rotatable bonds is 6. The monoisotopic (exact) mass is 443 g/mol. The second-order valence-corrected chi connectivity index (χ2v) is 7.04. The van der Waals surface area contributed by atoms with Gasteiger partial charge in [-0.1, -0.05) is 6.92 Å². The van der Waals surface area contributed by atoms with Crippen molar-refractivity contribution in [3.05, 3.63) is 41.7 Å². The number of nitrogens with zero attached hydrogens (tertiary/aromatic N) is 4. The average Bonchev–Trinajstić information content (AvgIpc) is 3.37. The summed E-state index contributed by atoms with van der Waals surface area (Å²) in [5.41, 5.74) is 1.51. The molecule has 166 valence electrons. The molecule has 1 aliphatic rings. The molecule has 9 nitrogen and oxygen atoms in total. The van der Waals surface area contributed by atoms with Gasteiger partial charge in [-0.25, -0.2) is 9.97 Å². The van der Waals surface area contributed by atoms with Crippen molar-refractivity contribution in [2.45, 2.75) is 26.2 Å². The lowest BCUT2D eigenvalue weighted by atomic mass is 10.2. The molecule has 1 aliphatic heterocycles. The summed E-state index contributed by atoms with van der Waals surface area (Å²) in [7, 11) is 3.14. The molecule has 1 N–H and O–H groups in total. The molecule has 5 rings (SSSR count). The lowest BCUT2D eigenvalue weighted by Crippen LogP contribution is -2.26. The Kier molecular flexibility index (Phi) is 4.61. The van der Waals surface area contributed by atoms with E-state index in [4.69, 9.17) is 14.2 Å². The highest BCUT2D eigenvalue weighted by molar-refractivity contribution is 5.97. The van der Waals surface area contributed by atoms with E-state index in [2.05, 4.69) is 25.1 Å². The van der Waals surface area contributed by atoms with Gasteiger partial charge in [-0.15, -0.1) is 13.9 Å². The zero-order chi connectivity index (χ0) is 22.5. The Morgan fingerprint density at radius 2 is 1.94 bits per heavy atom. The van der Waals surface area contributed by atoms with Gasteiger partial charge in [0, 0.05) is 30.0 Å². The van der Waals surface area contributed by atoms with Crippen molar-refractivity contribution < 1.29 is 27.7 Å². The average molecular weight is 443 g/mol. The maximum Gasteiger partial charge on any atom is 0.586 e. The van der Waals surface area contributed by atoms with Gasteiger partial charge in [0.1, 0.15) is 17.0 Å². The van der Waals surface area contributed by atoms with Crippen molar-refractivity contribution in [1.29, 1.82) is 0 Å². The summed E-state index contributed by atoms with van der Waals surface area (Å²) in [6, 6.07) is 8.47. The molecule has 0 bridgehead atoms. The molecule has 0 fully saturated rings. The van der Waals surface area contributed by atoms with E-state index in [9.17, 15) is 8.78 Å². The highest BCUT2D eigenvalue weighted by Gasteiger charge is 2.45. The lowest BCUT2D eigenvalue weighted by molar-refractivity contribution is -0.286. The molecule has 11 heteroatoms. The molecule has 2 aromatic carbocycles. The predicted molar refractivity (Wildman–Crippen MR) is 111 cm³/mol. The van der Waals surface area contributed by atoms with Crippen molar-refractivity contribution in [1.82, 2.24) is 19.6 Å². The first-order valence-electron chi connectivity index (χ1n) is 9.85. The smallest absolute Gasteiger partial charge is 0.497 e. The number of aryl methyl sites for hydroxylation is 1. The van der Waals surface area contributed by atoms with Gasteiger partial charge in [-0.2, -0.15) is 4.52 Å². The van der Waals surface area contributed by atoms with Crippen LogP contribution in [-0.2, 0) is 13.0 Å². The number of nitrogens with one attached hydrogen (secondary N) is 1. The molecule has 0 unspecified atom stereocenters. The third-order valence-corrected chi connectivity index (χ3v) is 5.10. The number of hydrogen-bond donors (Lipinski definition) is 1. The van der Waals surface area contributed by atoms with Crippen LogP contribution in [0.5, 0.6) is 23.0 Å². The first-order valence-corrected chi connectivity index (χ1v) is 9.85. The van der Waals surface area contributed by atoms with Crippen LogP contribution in [0.15, 0.2) is 30.3 Å². The van der Waals surface area contributed by atoms with Crippen LogP contribution in [-0.4, -0.2) is 40.1 Å². The van der Waals surface area contributed by atoms with Gasteiger partial charge in [-0.05, 0) is 24.3 Å². The quantitative estimate of drug-likeness (QED) is 0.481. The molecule has 0 saturated carbocycles. The number of fused-ring (bicyclic) bond motifs is 5. The number of aromatic nitrogens is 4. The van der Waals surface area contributed by atoms with Crippen LogP contribution in [0.4, 0.5) is 14.7 Å². The van der Waals surface area contributed by atoms with E-state index in [1.807, 2.05) is 19.1 Å². The normalized spacial score (nSPS) is 14.2. The van der Waals surface area contributed by atoms with E-state index in [1.165, 1.54) is 6.07 Å². The minimum Gasteiger partial charge on any atom is -0.497 e. The van der Waals surface area contributed by atoms with E-state index < -0.39 is 6.29 Å². The number of halogens is 2. The Balaban J connectivity index is 1.61. The molecule has 0 atom stereocenters. The standard InChI is InChI=1S/C21H19F2N5O4/c1-4-16-25-19-13-7-8-14-18(32-21(22,23)31-14)17(13)26-20(28(19)27-16)24-10-11-5-6-12(29-2)9-15(11)30-3/h5-9H,4,10H2,1-3H3,(H,24,26). The number of alkyl halides is 2. The summed E-state index contributed by atoms with van der Waals surface area (Å²) in [5.74, 6) is 1.96. The molecular weight excluding hydrogens is 424 g/mol. The van der Waals surface area contributed by atoms with Gasteiger partial charge in [-0.3, -0.25) is 0 Å². The summed E-state index contributed by atoms with van der Waals surface area (Å²) >= 11 is 0. The third kappa shape index (κ3) is 3.26. The Morgan fingerprint density at radius 1 is 1.09 bits per heavy atom. The van der Waals surface area contributed by atoms with Gasteiger partial charge in [0.05, 0.1) is 14.2 Å². The van der Waals surface area contributed by atoms with Crippen molar-refractivity contribution in [3.63, 3.8) is 0 Å². The summed E-state index contributed by atoms with van der Waals surface area (Å²) in [6.07, 6.45) is -3.16. The highest BCUT2D eigenvalue weighted by atomic mass is 19.3. The number of methoxy groups -OCH3 is 2. The fourth-order valence-corrected chi connectivity index (χ4v) is 3.56. The predicted octanol–water partition coefficient (Wildman–Crippen LogP) is 3.79. The molecule has 0 aliphatic carbocycles. The van der Waals surface area contributed by atoms with Gasteiger partial charge in [0.15, 0.2) is 23.0 Å². The molecule has 0 saturated heterocycles. The highest BCUT2D eigenvalue weighted by Crippen LogP contribution is 2.45. The number of anilines is 1. The van der Waals surface area contributed by atoms with Gasteiger partial charge in [0.25, 0.3) is 0 Å². The first-order chi connectivity index (χ1) is 15.4. The second-order valence-electron chi connectivity index (χ2n) is 7.04. The maximum absolute atomic E-state index is 13.7. The lowest BCUT2D eigenvalue weighted by Gasteiger charge is -2.13. The molecule has 3 heterocycles. The minimum atomic E-state index is -3.75. The fourth-order valence-electron chi connectivity index (χ4n) is 3.56. The summed E-state index contributed by atoms with van der Waals surface area (Å²) in [6.45, 7) is 2.25. The molecule has 32 heavy (non-hydrogen) atoms. The van der Waals surface area contributed by atoms with Crippen molar-refractivity contribution in [2.75, 3.05) is 19.5 Å². The zero-order valence-corrected chi connectivity index (χ0v) is 17.5. The zero-order valence-electron chi connectivity index (χ0n) is 17.5. The van der Waals surface area contributed by atoms with E-state index in [0.29, 0.717) is 47.3 Å². The van der Waals surface area contributed by atoms with E-state index >= 15 is 0 Å². The van der Waals surface area contributed by atoms with Crippen LogP contribution in [0.1, 0.15) is 18.3 Å². The van der Waals surface area contributed by atoms with Crippen molar-refractivity contribution >= 4 is 22.5 Å². The van der Waals surface area contributed by atoms with Crippen LogP contribution in [0.2, 0.25) is 0 Å². The topological polar surface area (TPSA) is 92.0 Å². The second kappa shape index (κ2) is 7.36. The Hall–Kier alpha value is -3.89. The van der Waals surface area contributed by atoms with Crippen LogP contribution in [0.3, 0.4) is 0 Å². The number of ether oxygens (including phenoxy) is 4. The Labute approximate surface area is 180 Å². The largest absolute Gasteiger partial charge is 0.586 e. The fraction of sp³-hybridized carbons (Fsp3) is 0.286. The molecule has 2 aromatic heterocycles. The van der Waals surface area contributed by atoms with Gasteiger partial charge >= 0.3 is 6.29 Å². The molecular formula is C21H19F2N5O4. The van der Waals surface area contributed by atoms with Crippen LogP contribution in [0.25, 0.3) is 16.6 Å². The Morgan fingerprint density at radius 3 is 2.69 bits per heavy atom. The van der Waals surface area contributed by atoms with Crippen molar-refractivity contribution in [2.24, 2.45) is 0 Å². The minimum absolute atomic E-state index is 0.0858. The van der Waals surface area contributed by atoms with Crippen LogP contribution < -0.4 is 24.3 Å². The maximum atomic E-state index is 13.7. The molecule has 0 radical (unpaired) electrons. The van der Waals surface area contributed by atoms with Crippen molar-refractivity contribution in [3.8, 4) is 23.0 Å². The number of hydrogen-bond acceptors (Lipinski definition) is 8. The third-order valence-electron chi connectivity index (χ3n) is 5.10. The van der Waals surface area contributed by atoms with Crippen LogP contribution >= 0.6 is 0 Å². The number of benzene rings is 2. The molecule has 0 spiro atoms. The SMILES string of the molecule is CCc1nc2c3ccc4c(c3nc(NCc3ccc(OC)cc3OC)n2n1)OC(F)(F)O4. The first kappa shape index (κ1) is 20.0.